The molecule has 0 atom stereocenters. The second-order valence-electron chi connectivity index (χ2n) is 5.00. The molecule has 1 saturated heterocycles. The van der Waals surface area contributed by atoms with Crippen molar-refractivity contribution in [3.63, 3.8) is 0 Å². The summed E-state index contributed by atoms with van der Waals surface area (Å²) in [5, 5.41) is 0. The molecule has 1 fully saturated rings. The average molecular weight is 307 g/mol. The predicted molar refractivity (Wildman–Crippen MR) is 80.5 cm³/mol. The molecule has 0 saturated carbocycles. The van der Waals surface area contributed by atoms with E-state index in [0.717, 1.165) is 17.0 Å². The average Bonchev–Trinajstić information content (AvgIpc) is 2.48. The minimum atomic E-state index is -3.31. The first kappa shape index (κ1) is 14.1. The summed E-state index contributed by atoms with van der Waals surface area (Å²) in [5.41, 5.74) is 1.94. The Balaban J connectivity index is 1.78. The number of benzene rings is 1. The van der Waals surface area contributed by atoms with Crippen LogP contribution in [0.2, 0.25) is 0 Å². The molecule has 0 aromatic heterocycles. The summed E-state index contributed by atoms with van der Waals surface area (Å²) < 4.78 is 31.3. The summed E-state index contributed by atoms with van der Waals surface area (Å²) in [6.07, 6.45) is 3.58. The van der Waals surface area contributed by atoms with Crippen molar-refractivity contribution in [2.24, 2.45) is 4.99 Å². The van der Waals surface area contributed by atoms with Crippen molar-refractivity contribution >= 4 is 16.4 Å². The van der Waals surface area contributed by atoms with E-state index in [1.807, 2.05) is 30.3 Å². The minimum Gasteiger partial charge on any atom is -0.497 e. The van der Waals surface area contributed by atoms with Gasteiger partial charge in [-0.2, -0.15) is 4.31 Å². The van der Waals surface area contributed by atoms with Gasteiger partial charge in [0.15, 0.2) is 0 Å². The Bertz CT molecular complexity index is 680. The SMILES string of the molecule is COc1ccc(CN2CC3=CCN=CN3CS2(=O)=O)cc1. The van der Waals surface area contributed by atoms with E-state index in [4.69, 9.17) is 4.74 Å². The van der Waals surface area contributed by atoms with Crippen molar-refractivity contribution in [1.29, 1.82) is 0 Å². The van der Waals surface area contributed by atoms with Gasteiger partial charge in [0.2, 0.25) is 10.0 Å². The highest BCUT2D eigenvalue weighted by Gasteiger charge is 2.33. The summed E-state index contributed by atoms with van der Waals surface area (Å²) in [5.74, 6) is 0.719. The molecule has 0 aliphatic carbocycles. The van der Waals surface area contributed by atoms with E-state index in [2.05, 4.69) is 4.99 Å². The molecule has 112 valence electrons. The van der Waals surface area contributed by atoms with E-state index < -0.39 is 10.0 Å². The highest BCUT2D eigenvalue weighted by molar-refractivity contribution is 7.89. The fourth-order valence-electron chi connectivity index (χ4n) is 2.39. The van der Waals surface area contributed by atoms with Crippen LogP contribution in [0.4, 0.5) is 0 Å². The molecule has 1 aromatic rings. The zero-order chi connectivity index (χ0) is 14.9. The molecule has 0 radical (unpaired) electrons. The van der Waals surface area contributed by atoms with Crippen LogP contribution < -0.4 is 4.74 Å². The van der Waals surface area contributed by atoms with E-state index >= 15 is 0 Å². The molecule has 2 aliphatic heterocycles. The summed E-state index contributed by atoms with van der Waals surface area (Å²) in [6.45, 7) is 1.37. The minimum absolute atomic E-state index is 0.0432. The van der Waals surface area contributed by atoms with Crippen LogP contribution in [0.15, 0.2) is 41.0 Å². The molecule has 21 heavy (non-hydrogen) atoms. The van der Waals surface area contributed by atoms with Crippen LogP contribution in [0.5, 0.6) is 5.75 Å². The lowest BCUT2D eigenvalue weighted by Crippen LogP contribution is -2.48. The van der Waals surface area contributed by atoms with Crippen LogP contribution in [0, 0.1) is 0 Å². The van der Waals surface area contributed by atoms with Gasteiger partial charge >= 0.3 is 0 Å². The molecule has 2 aliphatic rings. The molecule has 0 amide bonds. The second kappa shape index (κ2) is 5.50. The van der Waals surface area contributed by atoms with Gasteiger partial charge in [-0.05, 0) is 23.8 Å². The van der Waals surface area contributed by atoms with Crippen LogP contribution in [-0.2, 0) is 16.6 Å². The first-order valence-corrected chi connectivity index (χ1v) is 8.26. The maximum Gasteiger partial charge on any atom is 0.233 e. The van der Waals surface area contributed by atoms with Gasteiger partial charge < -0.3 is 9.64 Å². The van der Waals surface area contributed by atoms with Crippen LogP contribution in [-0.4, -0.2) is 50.0 Å². The number of methoxy groups -OCH3 is 1. The number of hydrogen-bond donors (Lipinski definition) is 0. The third-order valence-corrected chi connectivity index (χ3v) is 5.22. The van der Waals surface area contributed by atoms with Crippen LogP contribution >= 0.6 is 0 Å². The fraction of sp³-hybridized carbons (Fsp3) is 0.357. The lowest BCUT2D eigenvalue weighted by atomic mass is 10.2. The predicted octanol–water partition coefficient (Wildman–Crippen LogP) is 1.03. The van der Waals surface area contributed by atoms with E-state index in [1.54, 1.807) is 18.3 Å². The number of nitrogens with zero attached hydrogens (tertiary/aromatic N) is 3. The zero-order valence-electron chi connectivity index (χ0n) is 11.8. The molecule has 0 spiro atoms. The molecular formula is C14H17N3O3S. The van der Waals surface area contributed by atoms with E-state index in [0.29, 0.717) is 19.6 Å². The molecule has 6 nitrogen and oxygen atoms in total. The fourth-order valence-corrected chi connectivity index (χ4v) is 3.81. The number of sulfonamides is 1. The Hall–Kier alpha value is -1.86. The molecule has 2 heterocycles. The van der Waals surface area contributed by atoms with Gasteiger partial charge in [0, 0.05) is 12.2 Å². The zero-order valence-corrected chi connectivity index (χ0v) is 12.6. The summed E-state index contributed by atoms with van der Waals surface area (Å²) in [7, 11) is -1.70. The summed E-state index contributed by atoms with van der Waals surface area (Å²) >= 11 is 0. The molecule has 0 N–H and O–H groups in total. The van der Waals surface area contributed by atoms with Gasteiger partial charge in [0.05, 0.1) is 26.5 Å². The van der Waals surface area contributed by atoms with Crippen molar-refractivity contribution < 1.29 is 13.2 Å². The van der Waals surface area contributed by atoms with Gasteiger partial charge in [-0.25, -0.2) is 8.42 Å². The van der Waals surface area contributed by atoms with Gasteiger partial charge in [0.25, 0.3) is 0 Å². The first-order valence-electron chi connectivity index (χ1n) is 6.65. The number of aliphatic imine (C=N–C) groups is 1. The topological polar surface area (TPSA) is 62.2 Å². The van der Waals surface area contributed by atoms with Crippen molar-refractivity contribution in [2.75, 3.05) is 26.1 Å². The highest BCUT2D eigenvalue weighted by atomic mass is 32.2. The molecule has 7 heteroatoms. The van der Waals surface area contributed by atoms with Crippen molar-refractivity contribution in [3.8, 4) is 5.75 Å². The van der Waals surface area contributed by atoms with E-state index in [-0.39, 0.29) is 5.88 Å². The summed E-state index contributed by atoms with van der Waals surface area (Å²) in [6, 6.07) is 7.45. The molecule has 0 bridgehead atoms. The molecular weight excluding hydrogens is 290 g/mol. The smallest absolute Gasteiger partial charge is 0.233 e. The lowest BCUT2D eigenvalue weighted by molar-refractivity contribution is 0.361. The number of rotatable bonds is 3. The first-order chi connectivity index (χ1) is 10.1. The maximum atomic E-state index is 12.3. The van der Waals surface area contributed by atoms with Crippen molar-refractivity contribution in [2.45, 2.75) is 6.54 Å². The van der Waals surface area contributed by atoms with E-state index in [1.165, 1.54) is 4.31 Å². The Kier molecular flexibility index (Phi) is 3.69. The largest absolute Gasteiger partial charge is 0.497 e. The molecule has 3 rings (SSSR count). The van der Waals surface area contributed by atoms with Crippen molar-refractivity contribution in [1.82, 2.24) is 9.21 Å². The third-order valence-electron chi connectivity index (χ3n) is 3.57. The maximum absolute atomic E-state index is 12.3. The van der Waals surface area contributed by atoms with E-state index in [9.17, 15) is 8.42 Å². The monoisotopic (exact) mass is 307 g/mol. The third kappa shape index (κ3) is 2.93. The van der Waals surface area contributed by atoms with Gasteiger partial charge in [0.1, 0.15) is 11.6 Å². The second-order valence-corrected chi connectivity index (χ2v) is 6.94. The summed E-state index contributed by atoms with van der Waals surface area (Å²) in [4.78, 5) is 5.78. The van der Waals surface area contributed by atoms with Gasteiger partial charge in [-0.1, -0.05) is 12.1 Å². The Labute approximate surface area is 124 Å². The number of fused-ring (bicyclic) bond motifs is 1. The van der Waals surface area contributed by atoms with Crippen molar-refractivity contribution in [3.05, 3.63) is 41.6 Å². The van der Waals surface area contributed by atoms with Crippen LogP contribution in [0.25, 0.3) is 0 Å². The lowest BCUT2D eigenvalue weighted by Gasteiger charge is -2.36. The number of hydrogen-bond acceptors (Lipinski definition) is 5. The quantitative estimate of drug-likeness (QED) is 0.836. The highest BCUT2D eigenvalue weighted by Crippen LogP contribution is 2.23. The van der Waals surface area contributed by atoms with Gasteiger partial charge in [-0.3, -0.25) is 4.99 Å². The Morgan fingerprint density at radius 1 is 1.29 bits per heavy atom. The molecule has 0 unspecified atom stereocenters. The Morgan fingerprint density at radius 2 is 2.05 bits per heavy atom. The van der Waals surface area contributed by atoms with Crippen LogP contribution in [0.3, 0.4) is 0 Å². The molecule has 1 aromatic carbocycles. The normalized spacial score (nSPS) is 20.8. The van der Waals surface area contributed by atoms with Gasteiger partial charge in [-0.15, -0.1) is 0 Å². The standard InChI is InChI=1S/C14H17N3O3S/c1-20-14-4-2-12(3-5-14)8-17-9-13-6-7-15-10-16(13)11-21(17,18)19/h2-6,10H,7-9,11H2,1H3. The Morgan fingerprint density at radius 3 is 2.76 bits per heavy atom. The van der Waals surface area contributed by atoms with Crippen LogP contribution in [0.1, 0.15) is 5.56 Å². The number of ether oxygens (including phenoxy) is 1.